The number of hydrogen-bond donors (Lipinski definition) is 2. The molecule has 3 aromatic rings. The van der Waals surface area contributed by atoms with Crippen LogP contribution in [-0.2, 0) is 24.4 Å². The third-order valence-corrected chi connectivity index (χ3v) is 7.03. The monoisotopic (exact) mass is 559 g/mol. The number of carbonyl (C=O) groups is 2. The molecule has 1 saturated heterocycles. The number of nitrogens with zero attached hydrogens (tertiary/aromatic N) is 1. The summed E-state index contributed by atoms with van der Waals surface area (Å²) in [6.07, 6.45) is 0. The van der Waals surface area contributed by atoms with Crippen LogP contribution in [0.15, 0.2) is 71.6 Å². The normalized spacial score (nSPS) is 13.5. The highest BCUT2D eigenvalue weighted by Crippen LogP contribution is 2.33. The minimum absolute atomic E-state index is 0.0720. The van der Waals surface area contributed by atoms with Gasteiger partial charge in [-0.05, 0) is 48.5 Å². The Morgan fingerprint density at radius 2 is 1.71 bits per heavy atom. The van der Waals surface area contributed by atoms with Crippen LogP contribution < -0.4 is 24.5 Å². The average molecular weight is 560 g/mol. The van der Waals surface area contributed by atoms with Crippen LogP contribution in [0.3, 0.4) is 0 Å². The van der Waals surface area contributed by atoms with Crippen molar-refractivity contribution in [1.82, 2.24) is 0 Å². The van der Waals surface area contributed by atoms with Gasteiger partial charge in [0, 0.05) is 31.8 Å². The number of morpholine rings is 1. The minimum Gasteiger partial charge on any atom is -0.482 e. The van der Waals surface area contributed by atoms with Gasteiger partial charge in [-0.1, -0.05) is 23.7 Å². The van der Waals surface area contributed by atoms with Crippen molar-refractivity contribution < 1.29 is 31.7 Å². The third kappa shape index (κ3) is 7.15. The Hall–Kier alpha value is -3.80. The highest BCUT2D eigenvalue weighted by Gasteiger charge is 2.21. The Kier molecular flexibility index (Phi) is 8.72. The van der Waals surface area contributed by atoms with E-state index in [0.29, 0.717) is 54.1 Å². The fourth-order valence-corrected chi connectivity index (χ4v) is 4.82. The van der Waals surface area contributed by atoms with E-state index < -0.39 is 16.0 Å². The predicted octanol–water partition coefficient (Wildman–Crippen LogP) is 3.92. The summed E-state index contributed by atoms with van der Waals surface area (Å²) in [5.74, 6) is -0.227. The molecule has 1 aliphatic rings. The second kappa shape index (κ2) is 12.2. The molecule has 2 N–H and O–H groups in total. The molecule has 3 aromatic carbocycles. The summed E-state index contributed by atoms with van der Waals surface area (Å²) >= 11 is 6.08. The van der Waals surface area contributed by atoms with Crippen molar-refractivity contribution in [2.24, 2.45) is 0 Å². The molecule has 2 amide bonds. The third-order valence-electron chi connectivity index (χ3n) is 5.46. The first kappa shape index (κ1) is 27.2. The van der Waals surface area contributed by atoms with Gasteiger partial charge in [-0.2, -0.15) is 8.42 Å². The van der Waals surface area contributed by atoms with E-state index in [0.717, 1.165) is 0 Å². The first-order valence-electron chi connectivity index (χ1n) is 11.7. The van der Waals surface area contributed by atoms with Crippen molar-refractivity contribution in [3.8, 4) is 11.5 Å². The van der Waals surface area contributed by atoms with Crippen LogP contribution in [0.5, 0.6) is 11.5 Å². The number of carbonyl (C=O) groups excluding carboxylic acids is 2. The van der Waals surface area contributed by atoms with Crippen LogP contribution in [-0.4, -0.2) is 53.1 Å². The Morgan fingerprint density at radius 1 is 1.00 bits per heavy atom. The number of para-hydroxylation sites is 1. The van der Waals surface area contributed by atoms with Crippen molar-refractivity contribution in [2.75, 3.05) is 48.4 Å². The Bertz CT molecular complexity index is 1410. The molecule has 0 radical (unpaired) electrons. The van der Waals surface area contributed by atoms with Crippen LogP contribution in [0.2, 0.25) is 5.02 Å². The van der Waals surface area contributed by atoms with E-state index in [1.165, 1.54) is 37.3 Å². The molecule has 1 fully saturated rings. The van der Waals surface area contributed by atoms with Crippen molar-refractivity contribution in [3.63, 3.8) is 0 Å². The summed E-state index contributed by atoms with van der Waals surface area (Å²) in [5, 5.41) is 5.78. The number of halogens is 1. The van der Waals surface area contributed by atoms with E-state index in [2.05, 4.69) is 10.6 Å². The zero-order valence-electron chi connectivity index (χ0n) is 20.5. The molecule has 0 bridgehead atoms. The van der Waals surface area contributed by atoms with E-state index >= 15 is 0 Å². The lowest BCUT2D eigenvalue weighted by molar-refractivity contribution is -0.118. The van der Waals surface area contributed by atoms with Crippen molar-refractivity contribution in [2.45, 2.75) is 11.8 Å². The van der Waals surface area contributed by atoms with Crippen LogP contribution in [0.1, 0.15) is 6.92 Å². The van der Waals surface area contributed by atoms with E-state index in [4.69, 9.17) is 25.3 Å². The van der Waals surface area contributed by atoms with Gasteiger partial charge in [-0.3, -0.25) is 9.59 Å². The van der Waals surface area contributed by atoms with Crippen LogP contribution >= 0.6 is 11.6 Å². The topological polar surface area (TPSA) is 123 Å². The summed E-state index contributed by atoms with van der Waals surface area (Å²) in [5.41, 5.74) is 1.50. The van der Waals surface area contributed by atoms with Gasteiger partial charge in [-0.15, -0.1) is 0 Å². The van der Waals surface area contributed by atoms with Crippen molar-refractivity contribution >= 4 is 50.6 Å². The van der Waals surface area contributed by atoms with E-state index in [-0.39, 0.29) is 23.2 Å². The highest BCUT2D eigenvalue weighted by atomic mass is 35.5. The standard InChI is InChI=1S/C26H26ClN3O7S/c1-18(31)28-19-6-9-21(10-7-19)38(33,34)37-20-8-11-23(24(16-20)30-12-14-35-15-13-30)29-26(32)17-36-25-5-3-2-4-22(25)27/h2-11,16H,12-15,17H2,1H3,(H,28,31)(H,29,32). The lowest BCUT2D eigenvalue weighted by Crippen LogP contribution is -2.37. The van der Waals surface area contributed by atoms with E-state index in [9.17, 15) is 18.0 Å². The van der Waals surface area contributed by atoms with Gasteiger partial charge >= 0.3 is 10.1 Å². The van der Waals surface area contributed by atoms with Gasteiger partial charge in [0.2, 0.25) is 5.91 Å². The first-order valence-corrected chi connectivity index (χ1v) is 13.5. The molecule has 0 aliphatic carbocycles. The Balaban J connectivity index is 1.51. The van der Waals surface area contributed by atoms with Gasteiger partial charge in [0.25, 0.3) is 5.91 Å². The molecule has 0 spiro atoms. The maximum atomic E-state index is 12.9. The van der Waals surface area contributed by atoms with Gasteiger partial charge in [0.1, 0.15) is 16.4 Å². The minimum atomic E-state index is -4.16. The van der Waals surface area contributed by atoms with Crippen molar-refractivity contribution in [1.29, 1.82) is 0 Å². The van der Waals surface area contributed by atoms with Gasteiger partial charge in [0.15, 0.2) is 6.61 Å². The Labute approximate surface area is 225 Å². The summed E-state index contributed by atoms with van der Waals surface area (Å²) in [6, 6.07) is 17.0. The van der Waals surface area contributed by atoms with Gasteiger partial charge < -0.3 is 29.2 Å². The molecule has 10 nitrogen and oxygen atoms in total. The molecule has 0 unspecified atom stereocenters. The first-order chi connectivity index (χ1) is 18.2. The second-order valence-corrected chi connectivity index (χ2v) is 10.2. The molecule has 38 heavy (non-hydrogen) atoms. The molecular weight excluding hydrogens is 534 g/mol. The van der Waals surface area contributed by atoms with Crippen LogP contribution in [0.25, 0.3) is 0 Å². The summed E-state index contributed by atoms with van der Waals surface area (Å²) in [7, 11) is -4.16. The molecule has 0 aromatic heterocycles. The van der Waals surface area contributed by atoms with Crippen molar-refractivity contribution in [3.05, 3.63) is 71.8 Å². The second-order valence-electron chi connectivity index (χ2n) is 8.29. The number of hydrogen-bond acceptors (Lipinski definition) is 8. The fraction of sp³-hybridized carbons (Fsp3) is 0.231. The number of amides is 2. The predicted molar refractivity (Wildman–Crippen MR) is 144 cm³/mol. The molecule has 200 valence electrons. The Morgan fingerprint density at radius 3 is 2.39 bits per heavy atom. The van der Waals surface area contributed by atoms with E-state index in [1.54, 1.807) is 36.4 Å². The lowest BCUT2D eigenvalue weighted by atomic mass is 10.2. The van der Waals surface area contributed by atoms with E-state index in [1.807, 2.05) is 4.90 Å². The molecular formula is C26H26ClN3O7S. The molecule has 12 heteroatoms. The molecule has 4 rings (SSSR count). The maximum absolute atomic E-state index is 12.9. The molecule has 0 atom stereocenters. The van der Waals surface area contributed by atoms with Gasteiger partial charge in [-0.25, -0.2) is 0 Å². The SMILES string of the molecule is CC(=O)Nc1ccc(S(=O)(=O)Oc2ccc(NC(=O)COc3ccccc3Cl)c(N3CCOCC3)c2)cc1. The van der Waals surface area contributed by atoms with Gasteiger partial charge in [0.05, 0.1) is 29.6 Å². The summed E-state index contributed by atoms with van der Waals surface area (Å²) in [6.45, 7) is 3.13. The summed E-state index contributed by atoms with van der Waals surface area (Å²) < 4.78 is 42.1. The number of benzene rings is 3. The summed E-state index contributed by atoms with van der Waals surface area (Å²) in [4.78, 5) is 25.7. The largest absolute Gasteiger partial charge is 0.482 e. The lowest BCUT2D eigenvalue weighted by Gasteiger charge is -2.30. The molecule has 1 aliphatic heterocycles. The maximum Gasteiger partial charge on any atom is 0.339 e. The zero-order chi connectivity index (χ0) is 27.1. The number of nitrogens with one attached hydrogen (secondary N) is 2. The fourth-order valence-electron chi connectivity index (χ4n) is 3.71. The molecule has 0 saturated carbocycles. The quantitative estimate of drug-likeness (QED) is 0.378. The number of ether oxygens (including phenoxy) is 2. The molecule has 1 heterocycles. The van der Waals surface area contributed by atoms with Crippen LogP contribution in [0.4, 0.5) is 17.1 Å². The smallest absolute Gasteiger partial charge is 0.339 e. The number of anilines is 3. The highest BCUT2D eigenvalue weighted by molar-refractivity contribution is 7.87. The number of rotatable bonds is 9. The zero-order valence-corrected chi connectivity index (χ0v) is 22.0. The average Bonchev–Trinajstić information content (AvgIpc) is 2.89. The van der Waals surface area contributed by atoms with Crippen LogP contribution in [0, 0.1) is 0 Å².